The SMILES string of the molecule is c1ncc(N2CCCC23CCNC3)cn1. The molecule has 15 heavy (non-hydrogen) atoms. The van der Waals surface area contributed by atoms with Crippen molar-refractivity contribution >= 4 is 5.69 Å². The van der Waals surface area contributed by atoms with Crippen LogP contribution in [0.1, 0.15) is 19.3 Å². The van der Waals surface area contributed by atoms with Gasteiger partial charge in [0.1, 0.15) is 6.33 Å². The monoisotopic (exact) mass is 204 g/mol. The Kier molecular flexibility index (Phi) is 2.09. The Bertz CT molecular complexity index is 326. The molecule has 1 unspecified atom stereocenters. The van der Waals surface area contributed by atoms with Gasteiger partial charge in [0.2, 0.25) is 0 Å². The lowest BCUT2D eigenvalue weighted by Gasteiger charge is -2.35. The quantitative estimate of drug-likeness (QED) is 0.735. The van der Waals surface area contributed by atoms with Crippen LogP contribution in [-0.2, 0) is 0 Å². The van der Waals surface area contributed by atoms with E-state index in [4.69, 9.17) is 0 Å². The molecule has 0 radical (unpaired) electrons. The average molecular weight is 204 g/mol. The molecule has 0 aromatic carbocycles. The minimum absolute atomic E-state index is 0.352. The molecule has 80 valence electrons. The number of nitrogens with zero attached hydrogens (tertiary/aromatic N) is 3. The largest absolute Gasteiger partial charge is 0.362 e. The van der Waals surface area contributed by atoms with Crippen molar-refractivity contribution in [2.45, 2.75) is 24.8 Å². The summed E-state index contributed by atoms with van der Waals surface area (Å²) in [5.74, 6) is 0. The van der Waals surface area contributed by atoms with Crippen LogP contribution in [0.5, 0.6) is 0 Å². The number of rotatable bonds is 1. The average Bonchev–Trinajstić information content (AvgIpc) is 2.91. The normalized spacial score (nSPS) is 30.3. The van der Waals surface area contributed by atoms with Crippen LogP contribution in [0, 0.1) is 0 Å². The number of nitrogens with one attached hydrogen (secondary N) is 1. The number of hydrogen-bond donors (Lipinski definition) is 1. The van der Waals surface area contributed by atoms with Gasteiger partial charge in [-0.05, 0) is 25.8 Å². The molecule has 1 N–H and O–H groups in total. The molecule has 0 bridgehead atoms. The van der Waals surface area contributed by atoms with Crippen LogP contribution in [0.3, 0.4) is 0 Å². The molecule has 4 heteroatoms. The summed E-state index contributed by atoms with van der Waals surface area (Å²) in [7, 11) is 0. The van der Waals surface area contributed by atoms with Gasteiger partial charge < -0.3 is 10.2 Å². The molecule has 1 spiro atoms. The summed E-state index contributed by atoms with van der Waals surface area (Å²) in [6.45, 7) is 3.40. The smallest absolute Gasteiger partial charge is 0.115 e. The predicted octanol–water partition coefficient (Wildman–Crippen LogP) is 0.809. The first-order valence-electron chi connectivity index (χ1n) is 5.64. The maximum atomic E-state index is 4.11. The van der Waals surface area contributed by atoms with E-state index in [1.165, 1.54) is 24.9 Å². The van der Waals surface area contributed by atoms with Gasteiger partial charge in [0, 0.05) is 13.1 Å². The third-order valence-corrected chi connectivity index (χ3v) is 3.68. The molecule has 1 aromatic heterocycles. The van der Waals surface area contributed by atoms with Crippen molar-refractivity contribution < 1.29 is 0 Å². The fourth-order valence-corrected chi connectivity index (χ4v) is 2.95. The third-order valence-electron chi connectivity index (χ3n) is 3.68. The highest BCUT2D eigenvalue weighted by Crippen LogP contribution is 2.37. The van der Waals surface area contributed by atoms with E-state index in [1.807, 2.05) is 12.4 Å². The van der Waals surface area contributed by atoms with E-state index in [0.29, 0.717) is 5.54 Å². The van der Waals surface area contributed by atoms with Crippen molar-refractivity contribution in [3.05, 3.63) is 18.7 Å². The van der Waals surface area contributed by atoms with Crippen molar-refractivity contribution in [2.75, 3.05) is 24.5 Å². The van der Waals surface area contributed by atoms with Gasteiger partial charge in [0.05, 0.1) is 23.6 Å². The van der Waals surface area contributed by atoms with Crippen molar-refractivity contribution in [2.24, 2.45) is 0 Å². The lowest BCUT2D eigenvalue weighted by atomic mass is 9.95. The van der Waals surface area contributed by atoms with Crippen molar-refractivity contribution in [1.82, 2.24) is 15.3 Å². The zero-order valence-corrected chi connectivity index (χ0v) is 8.82. The molecule has 2 aliphatic rings. The van der Waals surface area contributed by atoms with Crippen LogP contribution in [-0.4, -0.2) is 35.1 Å². The van der Waals surface area contributed by atoms with Gasteiger partial charge in [-0.2, -0.15) is 0 Å². The summed E-state index contributed by atoms with van der Waals surface area (Å²) in [6.07, 6.45) is 9.29. The lowest BCUT2D eigenvalue weighted by molar-refractivity contribution is 0.466. The Morgan fingerprint density at radius 3 is 2.87 bits per heavy atom. The molecule has 3 rings (SSSR count). The van der Waals surface area contributed by atoms with E-state index < -0.39 is 0 Å². The molecule has 4 nitrogen and oxygen atoms in total. The van der Waals surface area contributed by atoms with Gasteiger partial charge >= 0.3 is 0 Å². The van der Waals surface area contributed by atoms with Crippen LogP contribution >= 0.6 is 0 Å². The van der Waals surface area contributed by atoms with Gasteiger partial charge in [-0.3, -0.25) is 0 Å². The zero-order chi connectivity index (χ0) is 10.1. The standard InChI is InChI=1S/C11H16N4/c1-2-11(3-4-12-8-11)15(5-1)10-6-13-9-14-7-10/h6-7,9,12H,1-5,8H2. The van der Waals surface area contributed by atoms with Gasteiger partial charge in [0.25, 0.3) is 0 Å². The molecular weight excluding hydrogens is 188 g/mol. The second-order valence-electron chi connectivity index (χ2n) is 4.50. The Labute approximate surface area is 89.7 Å². The molecule has 1 aromatic rings. The fraction of sp³-hybridized carbons (Fsp3) is 0.636. The topological polar surface area (TPSA) is 41.1 Å². The third kappa shape index (κ3) is 1.40. The number of aromatic nitrogens is 2. The maximum absolute atomic E-state index is 4.11. The second-order valence-corrected chi connectivity index (χ2v) is 4.50. The molecule has 2 saturated heterocycles. The second kappa shape index (κ2) is 3.45. The molecule has 0 aliphatic carbocycles. The summed E-state index contributed by atoms with van der Waals surface area (Å²) in [5.41, 5.74) is 1.53. The van der Waals surface area contributed by atoms with E-state index in [-0.39, 0.29) is 0 Å². The van der Waals surface area contributed by atoms with Gasteiger partial charge in [0.15, 0.2) is 0 Å². The fourth-order valence-electron chi connectivity index (χ4n) is 2.95. The van der Waals surface area contributed by atoms with Crippen molar-refractivity contribution in [3.8, 4) is 0 Å². The summed E-state index contributed by atoms with van der Waals surface area (Å²) in [4.78, 5) is 10.7. The number of anilines is 1. The van der Waals surface area contributed by atoms with Crippen molar-refractivity contribution in [3.63, 3.8) is 0 Å². The zero-order valence-electron chi connectivity index (χ0n) is 8.82. The van der Waals surface area contributed by atoms with Crippen LogP contribution in [0.15, 0.2) is 18.7 Å². The first-order chi connectivity index (χ1) is 7.41. The van der Waals surface area contributed by atoms with E-state index in [0.717, 1.165) is 19.6 Å². The molecular formula is C11H16N4. The molecule has 2 aliphatic heterocycles. The highest BCUT2D eigenvalue weighted by molar-refractivity contribution is 5.47. The number of hydrogen-bond acceptors (Lipinski definition) is 4. The summed E-state index contributed by atoms with van der Waals surface area (Å²) >= 11 is 0. The van der Waals surface area contributed by atoms with Gasteiger partial charge in [-0.25, -0.2) is 9.97 Å². The summed E-state index contributed by atoms with van der Waals surface area (Å²) in [6, 6.07) is 0. The highest BCUT2D eigenvalue weighted by atomic mass is 15.3. The molecule has 3 heterocycles. The van der Waals surface area contributed by atoms with Crippen LogP contribution in [0.4, 0.5) is 5.69 Å². The molecule has 2 fully saturated rings. The van der Waals surface area contributed by atoms with Crippen LogP contribution < -0.4 is 10.2 Å². The maximum Gasteiger partial charge on any atom is 0.115 e. The van der Waals surface area contributed by atoms with Gasteiger partial charge in [-0.15, -0.1) is 0 Å². The first kappa shape index (κ1) is 9.09. The summed E-state index contributed by atoms with van der Waals surface area (Å²) in [5, 5.41) is 3.47. The Morgan fingerprint density at radius 1 is 1.27 bits per heavy atom. The molecule has 0 amide bonds. The molecule has 0 saturated carbocycles. The van der Waals surface area contributed by atoms with Crippen LogP contribution in [0.2, 0.25) is 0 Å². The van der Waals surface area contributed by atoms with E-state index in [2.05, 4.69) is 20.2 Å². The van der Waals surface area contributed by atoms with E-state index in [1.54, 1.807) is 6.33 Å². The highest BCUT2D eigenvalue weighted by Gasteiger charge is 2.43. The van der Waals surface area contributed by atoms with Gasteiger partial charge in [-0.1, -0.05) is 0 Å². The summed E-state index contributed by atoms with van der Waals surface area (Å²) < 4.78 is 0. The minimum Gasteiger partial charge on any atom is -0.362 e. The Balaban J connectivity index is 1.92. The van der Waals surface area contributed by atoms with E-state index >= 15 is 0 Å². The predicted molar refractivity (Wildman–Crippen MR) is 58.8 cm³/mol. The first-order valence-corrected chi connectivity index (χ1v) is 5.64. The minimum atomic E-state index is 0.352. The molecule has 1 atom stereocenters. The van der Waals surface area contributed by atoms with Crippen LogP contribution in [0.25, 0.3) is 0 Å². The van der Waals surface area contributed by atoms with E-state index in [9.17, 15) is 0 Å². The Hall–Kier alpha value is -1.16. The Morgan fingerprint density at radius 2 is 2.13 bits per heavy atom. The lowest BCUT2D eigenvalue weighted by Crippen LogP contribution is -2.45. The van der Waals surface area contributed by atoms with Crippen molar-refractivity contribution in [1.29, 1.82) is 0 Å².